The number of nitrogens with zero attached hydrogens (tertiary/aromatic N) is 4. The Morgan fingerprint density at radius 2 is 1.14 bits per heavy atom. The topological polar surface area (TPSA) is 13.0 Å². The van der Waals surface area contributed by atoms with Crippen molar-refractivity contribution in [2.75, 3.05) is 58.9 Å². The zero-order valence-corrected chi connectivity index (χ0v) is 20.3. The normalized spacial score (nSPS) is 34.8. The lowest BCUT2D eigenvalue weighted by Gasteiger charge is -2.44. The standard InChI is InChI=1S/C25H48N4/c1-24(2,3)28-9-7-20(8-10-28)17-26-18-21-15-23(16-22(21)19-26)27-11-13-29(14-12-27)25(4,5)6/h20-23H,7-19H2,1-6H3. The second-order valence-electron chi connectivity index (χ2n) is 12.7. The van der Waals surface area contributed by atoms with Gasteiger partial charge in [-0.15, -0.1) is 0 Å². The smallest absolute Gasteiger partial charge is 0.0126 e. The fourth-order valence-electron chi connectivity index (χ4n) is 6.72. The average molecular weight is 405 g/mol. The van der Waals surface area contributed by atoms with Gasteiger partial charge in [0.1, 0.15) is 0 Å². The second-order valence-corrected chi connectivity index (χ2v) is 12.7. The highest BCUT2D eigenvalue weighted by molar-refractivity contribution is 4.98. The van der Waals surface area contributed by atoms with Crippen molar-refractivity contribution in [3.63, 3.8) is 0 Å². The van der Waals surface area contributed by atoms with Gasteiger partial charge in [-0.2, -0.15) is 0 Å². The molecule has 0 N–H and O–H groups in total. The number of hydrogen-bond donors (Lipinski definition) is 0. The molecule has 4 rings (SSSR count). The molecule has 4 heteroatoms. The maximum atomic E-state index is 2.85. The molecule has 2 atom stereocenters. The Labute approximate surface area is 181 Å². The third-order valence-corrected chi connectivity index (χ3v) is 8.66. The van der Waals surface area contributed by atoms with Crippen LogP contribution in [0.15, 0.2) is 0 Å². The molecule has 4 nitrogen and oxygen atoms in total. The van der Waals surface area contributed by atoms with E-state index in [0.717, 1.165) is 23.8 Å². The molecule has 1 aliphatic carbocycles. The zero-order chi connectivity index (χ0) is 20.8. The Hall–Kier alpha value is -0.160. The van der Waals surface area contributed by atoms with Crippen molar-refractivity contribution in [1.82, 2.24) is 19.6 Å². The van der Waals surface area contributed by atoms with E-state index in [0.29, 0.717) is 11.1 Å². The van der Waals surface area contributed by atoms with Crippen LogP contribution in [0.2, 0.25) is 0 Å². The molecule has 168 valence electrons. The fourth-order valence-corrected chi connectivity index (χ4v) is 6.72. The lowest BCUT2D eigenvalue weighted by Crippen LogP contribution is -2.55. The molecule has 0 spiro atoms. The van der Waals surface area contributed by atoms with Gasteiger partial charge in [0.05, 0.1) is 0 Å². The highest BCUT2D eigenvalue weighted by Gasteiger charge is 2.43. The van der Waals surface area contributed by atoms with Crippen molar-refractivity contribution in [2.45, 2.75) is 84.3 Å². The molecule has 3 aliphatic heterocycles. The van der Waals surface area contributed by atoms with Crippen LogP contribution in [0.25, 0.3) is 0 Å². The van der Waals surface area contributed by atoms with Gasteiger partial charge in [0, 0.05) is 62.9 Å². The second kappa shape index (κ2) is 8.41. The Bertz CT molecular complexity index is 518. The minimum absolute atomic E-state index is 0.335. The van der Waals surface area contributed by atoms with Crippen molar-refractivity contribution in [2.24, 2.45) is 17.8 Å². The molecule has 4 aliphatic rings. The van der Waals surface area contributed by atoms with E-state index in [2.05, 4.69) is 61.1 Å². The number of fused-ring (bicyclic) bond motifs is 1. The minimum atomic E-state index is 0.335. The summed E-state index contributed by atoms with van der Waals surface area (Å²) >= 11 is 0. The van der Waals surface area contributed by atoms with E-state index in [9.17, 15) is 0 Å². The van der Waals surface area contributed by atoms with E-state index in [4.69, 9.17) is 0 Å². The number of piperidine rings is 1. The van der Waals surface area contributed by atoms with E-state index in [1.54, 1.807) is 0 Å². The van der Waals surface area contributed by atoms with E-state index in [-0.39, 0.29) is 0 Å². The first-order valence-electron chi connectivity index (χ1n) is 12.6. The monoisotopic (exact) mass is 404 g/mol. The van der Waals surface area contributed by atoms with Crippen molar-refractivity contribution >= 4 is 0 Å². The van der Waals surface area contributed by atoms with Crippen molar-refractivity contribution in [3.8, 4) is 0 Å². The summed E-state index contributed by atoms with van der Waals surface area (Å²) in [7, 11) is 0. The summed E-state index contributed by atoms with van der Waals surface area (Å²) in [4.78, 5) is 11.0. The third kappa shape index (κ3) is 5.19. The summed E-state index contributed by atoms with van der Waals surface area (Å²) < 4.78 is 0. The molecule has 3 saturated heterocycles. The van der Waals surface area contributed by atoms with Gasteiger partial charge in [0.2, 0.25) is 0 Å². The molecule has 0 radical (unpaired) electrons. The van der Waals surface area contributed by atoms with Gasteiger partial charge in [0.15, 0.2) is 0 Å². The summed E-state index contributed by atoms with van der Waals surface area (Å²) in [5.74, 6) is 2.90. The van der Waals surface area contributed by atoms with Crippen LogP contribution in [0.3, 0.4) is 0 Å². The maximum Gasteiger partial charge on any atom is 0.0126 e. The minimum Gasteiger partial charge on any atom is -0.302 e. The Morgan fingerprint density at radius 3 is 1.62 bits per heavy atom. The van der Waals surface area contributed by atoms with Gasteiger partial charge in [0.25, 0.3) is 0 Å². The largest absolute Gasteiger partial charge is 0.302 e. The number of piperazine rings is 1. The van der Waals surface area contributed by atoms with Crippen LogP contribution < -0.4 is 0 Å². The van der Waals surface area contributed by atoms with Gasteiger partial charge >= 0.3 is 0 Å². The highest BCUT2D eigenvalue weighted by Crippen LogP contribution is 2.41. The maximum absolute atomic E-state index is 2.85. The third-order valence-electron chi connectivity index (χ3n) is 8.66. The lowest BCUT2D eigenvalue weighted by atomic mass is 9.92. The molecule has 4 fully saturated rings. The van der Waals surface area contributed by atoms with Crippen LogP contribution in [-0.2, 0) is 0 Å². The quantitative estimate of drug-likeness (QED) is 0.712. The summed E-state index contributed by atoms with van der Waals surface area (Å²) in [5.41, 5.74) is 0.685. The predicted octanol–water partition coefficient (Wildman–Crippen LogP) is 3.62. The summed E-state index contributed by atoms with van der Waals surface area (Å²) in [6, 6.07) is 0.879. The van der Waals surface area contributed by atoms with Crippen LogP contribution in [-0.4, -0.2) is 95.6 Å². The predicted molar refractivity (Wildman–Crippen MR) is 123 cm³/mol. The number of hydrogen-bond acceptors (Lipinski definition) is 4. The Kier molecular flexibility index (Phi) is 6.39. The first-order chi connectivity index (χ1) is 13.6. The van der Waals surface area contributed by atoms with Gasteiger partial charge < -0.3 is 4.90 Å². The molecule has 1 saturated carbocycles. The molecule has 0 aromatic rings. The number of likely N-dealkylation sites (tertiary alicyclic amines) is 2. The molecule has 0 amide bonds. The molecule has 3 heterocycles. The van der Waals surface area contributed by atoms with Crippen LogP contribution >= 0.6 is 0 Å². The average Bonchev–Trinajstić information content (AvgIpc) is 3.19. The molecule has 0 aromatic heterocycles. The van der Waals surface area contributed by atoms with Crippen LogP contribution in [0.5, 0.6) is 0 Å². The summed E-state index contributed by atoms with van der Waals surface area (Å²) in [5, 5.41) is 0. The molecular formula is C25H48N4. The highest BCUT2D eigenvalue weighted by atomic mass is 15.3. The van der Waals surface area contributed by atoms with Crippen molar-refractivity contribution in [3.05, 3.63) is 0 Å². The van der Waals surface area contributed by atoms with Crippen molar-refractivity contribution < 1.29 is 0 Å². The van der Waals surface area contributed by atoms with Crippen LogP contribution in [0.1, 0.15) is 67.2 Å². The first-order valence-corrected chi connectivity index (χ1v) is 12.6. The first kappa shape index (κ1) is 22.0. The number of rotatable bonds is 3. The van der Waals surface area contributed by atoms with E-state index in [1.807, 2.05) is 0 Å². The van der Waals surface area contributed by atoms with Gasteiger partial charge in [-0.3, -0.25) is 14.7 Å². The molecule has 2 unspecified atom stereocenters. The van der Waals surface area contributed by atoms with Gasteiger partial charge in [-0.1, -0.05) is 0 Å². The van der Waals surface area contributed by atoms with Gasteiger partial charge in [-0.25, -0.2) is 0 Å². The van der Waals surface area contributed by atoms with Crippen LogP contribution in [0.4, 0.5) is 0 Å². The van der Waals surface area contributed by atoms with Crippen LogP contribution in [0, 0.1) is 17.8 Å². The van der Waals surface area contributed by atoms with Gasteiger partial charge in [-0.05, 0) is 98.1 Å². The zero-order valence-electron chi connectivity index (χ0n) is 20.3. The fraction of sp³-hybridized carbons (Fsp3) is 1.00. The SMILES string of the molecule is CC(C)(C)N1CCC(CN2CC3CC(N4CCN(C(C)(C)C)CC4)CC3C2)CC1. The molecular weight excluding hydrogens is 356 g/mol. The molecule has 0 aromatic carbocycles. The van der Waals surface area contributed by atoms with E-state index in [1.165, 1.54) is 84.6 Å². The van der Waals surface area contributed by atoms with E-state index >= 15 is 0 Å². The Morgan fingerprint density at radius 1 is 0.655 bits per heavy atom. The summed E-state index contributed by atoms with van der Waals surface area (Å²) in [6.45, 7) is 26.1. The molecule has 29 heavy (non-hydrogen) atoms. The lowest BCUT2D eigenvalue weighted by molar-refractivity contribution is 0.0400. The summed E-state index contributed by atoms with van der Waals surface area (Å²) in [6.07, 6.45) is 5.76. The Balaban J connectivity index is 1.18. The molecule has 0 bridgehead atoms. The van der Waals surface area contributed by atoms with E-state index < -0.39 is 0 Å². The van der Waals surface area contributed by atoms with Crippen molar-refractivity contribution in [1.29, 1.82) is 0 Å².